The van der Waals surface area contributed by atoms with Crippen LogP contribution in [0.4, 0.5) is 10.1 Å². The van der Waals surface area contributed by atoms with Crippen molar-refractivity contribution in [3.63, 3.8) is 0 Å². The molecule has 0 saturated carbocycles. The molecule has 0 spiro atoms. The smallest absolute Gasteiger partial charge is 0.167 e. The van der Waals surface area contributed by atoms with Gasteiger partial charge in [0.15, 0.2) is 11.6 Å². The first-order valence-corrected chi connectivity index (χ1v) is 5.86. The first-order chi connectivity index (χ1) is 8.04. The van der Waals surface area contributed by atoms with Crippen LogP contribution in [0.15, 0.2) is 18.2 Å². The fourth-order valence-corrected chi connectivity index (χ4v) is 1.49. The van der Waals surface area contributed by atoms with Gasteiger partial charge in [0, 0.05) is 31.9 Å². The Morgan fingerprint density at radius 2 is 2.12 bits per heavy atom. The predicted octanol–water partition coefficient (Wildman–Crippen LogP) is 2.27. The van der Waals surface area contributed by atoms with Gasteiger partial charge in [0.05, 0.1) is 6.10 Å². The van der Waals surface area contributed by atoms with E-state index in [4.69, 9.17) is 4.74 Å². The number of hydrogen-bond acceptors (Lipinski definition) is 3. The van der Waals surface area contributed by atoms with Crippen LogP contribution in [-0.4, -0.2) is 33.3 Å². The number of likely N-dealkylation sites (N-methyl/N-ethyl adjacent to an activating group) is 2. The largest absolute Gasteiger partial charge is 0.488 e. The van der Waals surface area contributed by atoms with Gasteiger partial charge in [-0.25, -0.2) is 4.39 Å². The quantitative estimate of drug-likeness (QED) is 0.825. The number of anilines is 1. The Balaban J connectivity index is 2.73. The summed E-state index contributed by atoms with van der Waals surface area (Å²) in [5.74, 6) is -0.00160. The van der Waals surface area contributed by atoms with Crippen LogP contribution in [0.5, 0.6) is 5.75 Å². The molecule has 0 aromatic heterocycles. The Labute approximate surface area is 103 Å². The molecule has 0 radical (unpaired) electrons. The molecule has 0 aliphatic heterocycles. The number of halogens is 1. The van der Waals surface area contributed by atoms with Crippen molar-refractivity contribution in [2.24, 2.45) is 0 Å². The topological polar surface area (TPSA) is 24.5 Å². The van der Waals surface area contributed by atoms with Gasteiger partial charge in [-0.3, -0.25) is 0 Å². The molecular weight excluding hydrogens is 219 g/mol. The van der Waals surface area contributed by atoms with Crippen LogP contribution in [0.25, 0.3) is 0 Å². The molecule has 1 aromatic rings. The highest BCUT2D eigenvalue weighted by molar-refractivity contribution is 5.49. The van der Waals surface area contributed by atoms with E-state index in [-0.39, 0.29) is 11.9 Å². The zero-order valence-corrected chi connectivity index (χ0v) is 11.0. The molecule has 0 bridgehead atoms. The van der Waals surface area contributed by atoms with E-state index in [1.165, 1.54) is 6.07 Å². The van der Waals surface area contributed by atoms with Crippen molar-refractivity contribution in [3.05, 3.63) is 24.0 Å². The van der Waals surface area contributed by atoms with E-state index in [0.29, 0.717) is 5.75 Å². The molecule has 4 heteroatoms. The van der Waals surface area contributed by atoms with E-state index in [1.807, 2.05) is 38.9 Å². The molecular formula is C13H21FN2O. The molecule has 0 atom stereocenters. The molecule has 0 fully saturated rings. The van der Waals surface area contributed by atoms with Crippen molar-refractivity contribution in [2.75, 3.05) is 32.1 Å². The normalized spacial score (nSPS) is 10.7. The maximum absolute atomic E-state index is 13.7. The van der Waals surface area contributed by atoms with Gasteiger partial charge in [-0.15, -0.1) is 0 Å². The van der Waals surface area contributed by atoms with Crippen LogP contribution in [0, 0.1) is 5.82 Å². The lowest BCUT2D eigenvalue weighted by molar-refractivity contribution is 0.231. The van der Waals surface area contributed by atoms with E-state index in [2.05, 4.69) is 5.32 Å². The predicted molar refractivity (Wildman–Crippen MR) is 69.4 cm³/mol. The zero-order valence-electron chi connectivity index (χ0n) is 11.0. The van der Waals surface area contributed by atoms with Crippen LogP contribution >= 0.6 is 0 Å². The minimum absolute atomic E-state index is 0.0163. The molecule has 0 amide bonds. The molecule has 3 nitrogen and oxygen atoms in total. The number of ether oxygens (including phenoxy) is 1. The van der Waals surface area contributed by atoms with Gasteiger partial charge in [0.2, 0.25) is 0 Å². The van der Waals surface area contributed by atoms with Crippen molar-refractivity contribution < 1.29 is 9.13 Å². The van der Waals surface area contributed by atoms with Gasteiger partial charge in [0.25, 0.3) is 0 Å². The van der Waals surface area contributed by atoms with E-state index >= 15 is 0 Å². The average Bonchev–Trinajstić information content (AvgIpc) is 2.28. The maximum Gasteiger partial charge on any atom is 0.167 e. The lowest BCUT2D eigenvalue weighted by Crippen LogP contribution is -2.27. The Morgan fingerprint density at radius 3 is 2.65 bits per heavy atom. The maximum atomic E-state index is 13.7. The molecule has 17 heavy (non-hydrogen) atoms. The second kappa shape index (κ2) is 6.45. The van der Waals surface area contributed by atoms with Gasteiger partial charge in [-0.1, -0.05) is 0 Å². The summed E-state index contributed by atoms with van der Waals surface area (Å²) in [6.45, 7) is 5.46. The standard InChI is InChI=1S/C13H21FN2O/c1-10(2)17-13-6-5-11(9-12(13)14)16(4)8-7-15-3/h5-6,9-10,15H,7-8H2,1-4H3. The first-order valence-electron chi connectivity index (χ1n) is 5.86. The van der Waals surface area contributed by atoms with E-state index in [0.717, 1.165) is 18.8 Å². The van der Waals surface area contributed by atoms with Crippen LogP contribution in [-0.2, 0) is 0 Å². The third kappa shape index (κ3) is 4.23. The van der Waals surface area contributed by atoms with Crippen molar-refractivity contribution >= 4 is 5.69 Å². The lowest BCUT2D eigenvalue weighted by atomic mass is 10.2. The second-order valence-corrected chi connectivity index (χ2v) is 4.31. The number of rotatable bonds is 6. The molecule has 0 aliphatic carbocycles. The summed E-state index contributed by atoms with van der Waals surface area (Å²) in [6, 6.07) is 5.06. The minimum atomic E-state index is -0.312. The summed E-state index contributed by atoms with van der Waals surface area (Å²) in [4.78, 5) is 2.00. The molecule has 0 saturated heterocycles. The number of nitrogens with one attached hydrogen (secondary N) is 1. The third-order valence-electron chi connectivity index (χ3n) is 2.42. The fraction of sp³-hybridized carbons (Fsp3) is 0.538. The van der Waals surface area contributed by atoms with Crippen molar-refractivity contribution in [1.29, 1.82) is 0 Å². The Hall–Kier alpha value is -1.29. The Bertz CT molecular complexity index is 355. The summed E-state index contributed by atoms with van der Waals surface area (Å²) in [5.41, 5.74) is 0.855. The third-order valence-corrected chi connectivity index (χ3v) is 2.42. The fourth-order valence-electron chi connectivity index (χ4n) is 1.49. The second-order valence-electron chi connectivity index (χ2n) is 4.31. The first kappa shape index (κ1) is 13.8. The number of nitrogens with zero attached hydrogens (tertiary/aromatic N) is 1. The van der Waals surface area contributed by atoms with Crippen molar-refractivity contribution in [3.8, 4) is 5.75 Å². The lowest BCUT2D eigenvalue weighted by Gasteiger charge is -2.20. The summed E-state index contributed by atoms with van der Waals surface area (Å²) >= 11 is 0. The van der Waals surface area contributed by atoms with Crippen LogP contribution in [0.1, 0.15) is 13.8 Å². The highest BCUT2D eigenvalue weighted by Crippen LogP contribution is 2.23. The summed E-state index contributed by atoms with van der Waals surface area (Å²) in [7, 11) is 3.84. The summed E-state index contributed by atoms with van der Waals surface area (Å²) in [5, 5.41) is 3.06. The van der Waals surface area contributed by atoms with Gasteiger partial charge < -0.3 is 15.0 Å². The van der Waals surface area contributed by atoms with E-state index < -0.39 is 0 Å². The SMILES string of the molecule is CNCCN(C)c1ccc(OC(C)C)c(F)c1. The van der Waals surface area contributed by atoms with Crippen LogP contribution in [0.3, 0.4) is 0 Å². The van der Waals surface area contributed by atoms with Gasteiger partial charge in [-0.05, 0) is 33.0 Å². The highest BCUT2D eigenvalue weighted by atomic mass is 19.1. The average molecular weight is 240 g/mol. The molecule has 1 aromatic carbocycles. The monoisotopic (exact) mass is 240 g/mol. The van der Waals surface area contributed by atoms with Crippen molar-refractivity contribution in [2.45, 2.75) is 20.0 Å². The summed E-state index contributed by atoms with van der Waals surface area (Å²) in [6.07, 6.45) is -0.0163. The molecule has 1 N–H and O–H groups in total. The highest BCUT2D eigenvalue weighted by Gasteiger charge is 2.08. The molecule has 96 valence electrons. The zero-order chi connectivity index (χ0) is 12.8. The van der Waals surface area contributed by atoms with Gasteiger partial charge in [-0.2, -0.15) is 0 Å². The summed E-state index contributed by atoms with van der Waals surface area (Å²) < 4.78 is 19.1. The van der Waals surface area contributed by atoms with E-state index in [9.17, 15) is 4.39 Å². The number of hydrogen-bond donors (Lipinski definition) is 1. The van der Waals surface area contributed by atoms with E-state index in [1.54, 1.807) is 6.07 Å². The van der Waals surface area contributed by atoms with Gasteiger partial charge in [0.1, 0.15) is 0 Å². The van der Waals surface area contributed by atoms with Crippen LogP contribution < -0.4 is 15.0 Å². The van der Waals surface area contributed by atoms with Gasteiger partial charge >= 0.3 is 0 Å². The molecule has 0 heterocycles. The number of benzene rings is 1. The molecule has 0 aliphatic rings. The van der Waals surface area contributed by atoms with Crippen molar-refractivity contribution in [1.82, 2.24) is 5.32 Å². The van der Waals surface area contributed by atoms with Crippen LogP contribution in [0.2, 0.25) is 0 Å². The Morgan fingerprint density at radius 1 is 1.41 bits per heavy atom. The molecule has 1 rings (SSSR count). The molecule has 0 unspecified atom stereocenters. The Kier molecular flexibility index (Phi) is 5.22. The minimum Gasteiger partial charge on any atom is -0.488 e.